The molecule has 0 saturated carbocycles. The third kappa shape index (κ3) is 3.91. The maximum Gasteiger partial charge on any atom is 0.0364 e. The van der Waals surface area contributed by atoms with Crippen LogP contribution in [0.1, 0.15) is 41.6 Å². The lowest BCUT2D eigenvalue weighted by atomic mass is 9.96. The molecule has 2 heteroatoms. The number of hydrogen-bond donors (Lipinski definition) is 1. The van der Waals surface area contributed by atoms with E-state index in [0.29, 0.717) is 6.04 Å². The molecule has 1 heterocycles. The zero-order valence-corrected chi connectivity index (χ0v) is 12.7. The number of aromatic nitrogens is 1. The van der Waals surface area contributed by atoms with Gasteiger partial charge in [-0.15, -0.1) is 0 Å². The monoisotopic (exact) mass is 268 g/mol. The summed E-state index contributed by atoms with van der Waals surface area (Å²) in [7, 11) is 0. The van der Waals surface area contributed by atoms with E-state index in [2.05, 4.69) is 61.4 Å². The predicted molar refractivity (Wildman–Crippen MR) is 84.9 cm³/mol. The van der Waals surface area contributed by atoms with Gasteiger partial charge in [-0.25, -0.2) is 0 Å². The normalized spacial score (nSPS) is 12.3. The van der Waals surface area contributed by atoms with E-state index in [0.717, 1.165) is 19.4 Å². The van der Waals surface area contributed by atoms with Gasteiger partial charge >= 0.3 is 0 Å². The molecule has 0 spiro atoms. The lowest BCUT2D eigenvalue weighted by Gasteiger charge is -2.21. The lowest BCUT2D eigenvalue weighted by molar-refractivity contribution is 0.526. The highest BCUT2D eigenvalue weighted by Crippen LogP contribution is 2.21. The summed E-state index contributed by atoms with van der Waals surface area (Å²) in [5.41, 5.74) is 5.32. The van der Waals surface area contributed by atoms with Gasteiger partial charge in [-0.05, 0) is 56.0 Å². The molecule has 2 nitrogen and oxygen atoms in total. The van der Waals surface area contributed by atoms with Crippen molar-refractivity contribution in [1.82, 2.24) is 10.3 Å². The molecular weight excluding hydrogens is 244 g/mol. The molecule has 1 N–H and O–H groups in total. The van der Waals surface area contributed by atoms with Crippen LogP contribution >= 0.6 is 0 Å². The average molecular weight is 268 g/mol. The molecule has 106 valence electrons. The summed E-state index contributed by atoms with van der Waals surface area (Å²) in [5, 5.41) is 3.67. The van der Waals surface area contributed by atoms with E-state index in [9.17, 15) is 0 Å². The van der Waals surface area contributed by atoms with E-state index in [4.69, 9.17) is 0 Å². The van der Waals surface area contributed by atoms with Crippen molar-refractivity contribution >= 4 is 0 Å². The molecule has 0 aliphatic rings. The third-order valence-electron chi connectivity index (χ3n) is 3.60. The van der Waals surface area contributed by atoms with Crippen molar-refractivity contribution in [2.75, 3.05) is 6.54 Å². The SMILES string of the molecule is CCCNC(Cc1cccc(C)c1)c1ccncc1C. The number of aryl methyl sites for hydroxylation is 2. The Labute approximate surface area is 122 Å². The van der Waals surface area contributed by atoms with Crippen LogP contribution in [0.2, 0.25) is 0 Å². The topological polar surface area (TPSA) is 24.9 Å². The Hall–Kier alpha value is -1.67. The van der Waals surface area contributed by atoms with Crippen LogP contribution in [0.15, 0.2) is 42.7 Å². The lowest BCUT2D eigenvalue weighted by Crippen LogP contribution is -2.25. The molecule has 2 rings (SSSR count). The summed E-state index contributed by atoms with van der Waals surface area (Å²) in [5.74, 6) is 0. The molecule has 0 amide bonds. The van der Waals surface area contributed by atoms with E-state index in [-0.39, 0.29) is 0 Å². The van der Waals surface area contributed by atoms with E-state index < -0.39 is 0 Å². The molecule has 0 aliphatic heterocycles. The fraction of sp³-hybridized carbons (Fsp3) is 0.389. The van der Waals surface area contributed by atoms with Gasteiger partial charge in [-0.3, -0.25) is 4.98 Å². The zero-order valence-electron chi connectivity index (χ0n) is 12.7. The Kier molecular flexibility index (Phi) is 5.31. The molecular formula is C18H24N2. The highest BCUT2D eigenvalue weighted by atomic mass is 14.9. The summed E-state index contributed by atoms with van der Waals surface area (Å²) in [6, 6.07) is 11.3. The van der Waals surface area contributed by atoms with Crippen LogP contribution in [-0.4, -0.2) is 11.5 Å². The first-order valence-electron chi connectivity index (χ1n) is 7.40. The molecule has 0 fully saturated rings. The summed E-state index contributed by atoms with van der Waals surface area (Å²) in [6.07, 6.45) is 6.01. The Morgan fingerprint density at radius 2 is 2.05 bits per heavy atom. The third-order valence-corrected chi connectivity index (χ3v) is 3.60. The van der Waals surface area contributed by atoms with Crippen molar-refractivity contribution in [3.8, 4) is 0 Å². The van der Waals surface area contributed by atoms with Gasteiger partial charge in [0.25, 0.3) is 0 Å². The maximum absolute atomic E-state index is 4.20. The van der Waals surface area contributed by atoms with Gasteiger partial charge in [0.2, 0.25) is 0 Å². The van der Waals surface area contributed by atoms with Crippen LogP contribution in [-0.2, 0) is 6.42 Å². The molecule has 2 aromatic rings. The van der Waals surface area contributed by atoms with Crippen LogP contribution in [0.5, 0.6) is 0 Å². The summed E-state index contributed by atoms with van der Waals surface area (Å²) in [6.45, 7) is 7.53. The van der Waals surface area contributed by atoms with E-state index in [1.165, 1.54) is 22.3 Å². The number of nitrogens with one attached hydrogen (secondary N) is 1. The zero-order chi connectivity index (χ0) is 14.4. The molecule has 0 bridgehead atoms. The fourth-order valence-electron chi connectivity index (χ4n) is 2.56. The van der Waals surface area contributed by atoms with Crippen LogP contribution in [0.25, 0.3) is 0 Å². The van der Waals surface area contributed by atoms with Gasteiger partial charge < -0.3 is 5.32 Å². The van der Waals surface area contributed by atoms with E-state index in [1.807, 2.05) is 12.4 Å². The quantitative estimate of drug-likeness (QED) is 0.857. The maximum atomic E-state index is 4.20. The van der Waals surface area contributed by atoms with Crippen molar-refractivity contribution in [3.05, 3.63) is 65.0 Å². The van der Waals surface area contributed by atoms with Crippen molar-refractivity contribution in [2.24, 2.45) is 0 Å². The summed E-state index contributed by atoms with van der Waals surface area (Å²) < 4.78 is 0. The minimum atomic E-state index is 0.361. The number of pyridine rings is 1. The van der Waals surface area contributed by atoms with E-state index in [1.54, 1.807) is 0 Å². The predicted octanol–water partition coefficient (Wildman–Crippen LogP) is 3.98. The average Bonchev–Trinajstić information content (AvgIpc) is 2.44. The largest absolute Gasteiger partial charge is 0.310 e. The van der Waals surface area contributed by atoms with Crippen LogP contribution in [0.3, 0.4) is 0 Å². The number of hydrogen-bond acceptors (Lipinski definition) is 2. The standard InChI is InChI=1S/C18H24N2/c1-4-9-20-18(17-8-10-19-13-15(17)3)12-16-7-5-6-14(2)11-16/h5-8,10-11,13,18,20H,4,9,12H2,1-3H3. The molecule has 0 aliphatic carbocycles. The molecule has 0 saturated heterocycles. The fourth-order valence-corrected chi connectivity index (χ4v) is 2.56. The van der Waals surface area contributed by atoms with Gasteiger partial charge in [0.15, 0.2) is 0 Å². The van der Waals surface area contributed by atoms with Gasteiger partial charge in [-0.1, -0.05) is 36.8 Å². The molecule has 1 aromatic heterocycles. The molecule has 1 unspecified atom stereocenters. The first-order valence-corrected chi connectivity index (χ1v) is 7.40. The van der Waals surface area contributed by atoms with Crippen molar-refractivity contribution in [3.63, 3.8) is 0 Å². The summed E-state index contributed by atoms with van der Waals surface area (Å²) in [4.78, 5) is 4.20. The highest BCUT2D eigenvalue weighted by Gasteiger charge is 2.13. The van der Waals surface area contributed by atoms with Crippen LogP contribution in [0, 0.1) is 13.8 Å². The Morgan fingerprint density at radius 3 is 2.75 bits per heavy atom. The summed E-state index contributed by atoms with van der Waals surface area (Å²) >= 11 is 0. The van der Waals surface area contributed by atoms with Crippen molar-refractivity contribution in [1.29, 1.82) is 0 Å². The van der Waals surface area contributed by atoms with Gasteiger partial charge in [0, 0.05) is 18.4 Å². The second-order valence-corrected chi connectivity index (χ2v) is 5.43. The van der Waals surface area contributed by atoms with Crippen LogP contribution in [0.4, 0.5) is 0 Å². The van der Waals surface area contributed by atoms with Crippen LogP contribution < -0.4 is 5.32 Å². The Bertz CT molecular complexity index is 549. The first-order chi connectivity index (χ1) is 9.70. The first kappa shape index (κ1) is 14.7. The molecule has 0 radical (unpaired) electrons. The second kappa shape index (κ2) is 7.20. The van der Waals surface area contributed by atoms with Crippen molar-refractivity contribution < 1.29 is 0 Å². The molecule has 1 atom stereocenters. The minimum absolute atomic E-state index is 0.361. The Balaban J connectivity index is 2.22. The number of rotatable bonds is 6. The highest BCUT2D eigenvalue weighted by molar-refractivity contribution is 5.29. The second-order valence-electron chi connectivity index (χ2n) is 5.43. The smallest absolute Gasteiger partial charge is 0.0364 e. The molecule has 20 heavy (non-hydrogen) atoms. The van der Waals surface area contributed by atoms with E-state index >= 15 is 0 Å². The van der Waals surface area contributed by atoms with Gasteiger partial charge in [0.05, 0.1) is 0 Å². The minimum Gasteiger partial charge on any atom is -0.310 e. The van der Waals surface area contributed by atoms with Gasteiger partial charge in [-0.2, -0.15) is 0 Å². The Morgan fingerprint density at radius 1 is 1.20 bits per heavy atom. The number of benzene rings is 1. The number of nitrogens with zero attached hydrogens (tertiary/aromatic N) is 1. The van der Waals surface area contributed by atoms with Gasteiger partial charge in [0.1, 0.15) is 0 Å². The van der Waals surface area contributed by atoms with Crippen molar-refractivity contribution in [2.45, 2.75) is 39.7 Å². The molecule has 1 aromatic carbocycles.